The van der Waals surface area contributed by atoms with Gasteiger partial charge < -0.3 is 10.1 Å². The summed E-state index contributed by atoms with van der Waals surface area (Å²) >= 11 is 0. The maximum Gasteiger partial charge on any atom is 0.225 e. The molecule has 0 fully saturated rings. The van der Waals surface area contributed by atoms with Crippen LogP contribution in [0.1, 0.15) is 30.0 Å². The molecule has 1 atom stereocenters. The molecule has 0 spiro atoms. The number of hydrogen-bond acceptors (Lipinski definition) is 5. The summed E-state index contributed by atoms with van der Waals surface area (Å²) < 4.78 is 7.08. The van der Waals surface area contributed by atoms with Gasteiger partial charge in [0.05, 0.1) is 25.3 Å². The topological polar surface area (TPSA) is 97.2 Å². The fourth-order valence-corrected chi connectivity index (χ4v) is 3.33. The molecular formula is C21H22N6O2. The summed E-state index contributed by atoms with van der Waals surface area (Å²) in [5, 5.41) is 18.7. The Morgan fingerprint density at radius 1 is 1.21 bits per heavy atom. The van der Waals surface area contributed by atoms with Crippen molar-refractivity contribution in [3.8, 4) is 17.0 Å². The zero-order chi connectivity index (χ0) is 20.4. The molecule has 8 heteroatoms. The number of carbonyl (C=O) groups is 1. The van der Waals surface area contributed by atoms with Crippen LogP contribution in [-0.2, 0) is 11.2 Å². The number of aromatic amines is 1. The third kappa shape index (κ3) is 3.69. The molecule has 0 radical (unpaired) electrons. The van der Waals surface area contributed by atoms with E-state index in [1.807, 2.05) is 66.9 Å². The second kappa shape index (κ2) is 7.75. The molecule has 3 heterocycles. The van der Waals surface area contributed by atoms with Crippen LogP contribution >= 0.6 is 0 Å². The molecule has 0 saturated heterocycles. The van der Waals surface area contributed by atoms with Gasteiger partial charge >= 0.3 is 0 Å². The summed E-state index contributed by atoms with van der Waals surface area (Å²) in [6, 6.07) is 13.0. The van der Waals surface area contributed by atoms with Crippen LogP contribution < -0.4 is 10.1 Å². The molecule has 29 heavy (non-hydrogen) atoms. The molecular weight excluding hydrogens is 368 g/mol. The zero-order valence-corrected chi connectivity index (χ0v) is 16.5. The second-order valence-corrected chi connectivity index (χ2v) is 6.86. The number of hydrogen-bond donors (Lipinski definition) is 2. The van der Waals surface area contributed by atoms with E-state index in [4.69, 9.17) is 4.74 Å². The van der Waals surface area contributed by atoms with Crippen LogP contribution in [0.15, 0.2) is 48.7 Å². The Kier molecular flexibility index (Phi) is 4.99. The third-order valence-electron chi connectivity index (χ3n) is 4.88. The van der Waals surface area contributed by atoms with E-state index in [9.17, 15) is 4.79 Å². The van der Waals surface area contributed by atoms with E-state index in [0.29, 0.717) is 5.82 Å². The van der Waals surface area contributed by atoms with E-state index in [0.717, 1.165) is 33.9 Å². The van der Waals surface area contributed by atoms with Crippen molar-refractivity contribution in [2.45, 2.75) is 26.3 Å². The van der Waals surface area contributed by atoms with E-state index < -0.39 is 0 Å². The summed E-state index contributed by atoms with van der Waals surface area (Å²) in [6.45, 7) is 3.81. The van der Waals surface area contributed by atoms with Crippen LogP contribution in [0.4, 0.5) is 0 Å². The van der Waals surface area contributed by atoms with Gasteiger partial charge in [-0.3, -0.25) is 14.3 Å². The normalized spacial score (nSPS) is 12.1. The first kappa shape index (κ1) is 18.7. The maximum atomic E-state index is 12.8. The number of pyridine rings is 1. The van der Waals surface area contributed by atoms with Gasteiger partial charge in [0.25, 0.3) is 0 Å². The van der Waals surface area contributed by atoms with Gasteiger partial charge in [-0.25, -0.2) is 0 Å². The van der Waals surface area contributed by atoms with Gasteiger partial charge in [-0.05, 0) is 50.2 Å². The number of rotatable bonds is 6. The fourth-order valence-electron chi connectivity index (χ4n) is 3.33. The number of carbonyl (C=O) groups excluding carboxylic acids is 1. The smallest absolute Gasteiger partial charge is 0.225 e. The number of aromatic nitrogens is 5. The number of ether oxygens (including phenoxy) is 1. The number of methoxy groups -OCH3 is 1. The predicted molar refractivity (Wildman–Crippen MR) is 109 cm³/mol. The Hall–Kier alpha value is -3.68. The first-order valence-electron chi connectivity index (χ1n) is 9.34. The van der Waals surface area contributed by atoms with Crippen LogP contribution in [-0.4, -0.2) is 37.8 Å². The Morgan fingerprint density at radius 2 is 2.00 bits per heavy atom. The van der Waals surface area contributed by atoms with Crippen molar-refractivity contribution in [1.82, 2.24) is 30.1 Å². The number of benzene rings is 1. The van der Waals surface area contributed by atoms with Crippen molar-refractivity contribution in [2.75, 3.05) is 7.11 Å². The molecule has 0 aliphatic heterocycles. The van der Waals surface area contributed by atoms with Gasteiger partial charge in [-0.15, -0.1) is 10.2 Å². The van der Waals surface area contributed by atoms with Crippen LogP contribution in [0.25, 0.3) is 16.9 Å². The fraction of sp³-hybridized carbons (Fsp3) is 0.238. The molecule has 4 aromatic rings. The van der Waals surface area contributed by atoms with Crippen molar-refractivity contribution in [3.63, 3.8) is 0 Å². The van der Waals surface area contributed by atoms with Gasteiger partial charge in [0, 0.05) is 23.0 Å². The summed E-state index contributed by atoms with van der Waals surface area (Å²) in [5.41, 5.74) is 4.17. The predicted octanol–water partition coefficient (Wildman–Crippen LogP) is 2.86. The molecule has 3 aromatic heterocycles. The standard InChI is InChI=1S/C21H22N6O2/c1-13-17(20(25-23-13)15-7-9-16(29-3)10-8-15)12-19(28)22-14(2)21-26-24-18-6-4-5-11-27(18)21/h4-11,14H,12H2,1-3H3,(H,22,28)(H,23,25)/t14-/m0/s1. The first-order chi connectivity index (χ1) is 14.1. The number of H-pyrrole nitrogens is 1. The largest absolute Gasteiger partial charge is 0.497 e. The molecule has 4 rings (SSSR count). The monoisotopic (exact) mass is 390 g/mol. The van der Waals surface area contributed by atoms with Crippen LogP contribution in [0.2, 0.25) is 0 Å². The van der Waals surface area contributed by atoms with E-state index in [-0.39, 0.29) is 18.4 Å². The van der Waals surface area contributed by atoms with E-state index in [1.165, 1.54) is 0 Å². The summed E-state index contributed by atoms with van der Waals surface area (Å²) in [6.07, 6.45) is 2.10. The Balaban J connectivity index is 1.52. The SMILES string of the molecule is COc1ccc(-c2n[nH]c(C)c2CC(=O)N[C@@H](C)c2nnc3ccccn23)cc1. The van der Waals surface area contributed by atoms with Crippen LogP contribution in [0.5, 0.6) is 5.75 Å². The molecule has 0 saturated carbocycles. The number of aryl methyl sites for hydroxylation is 1. The third-order valence-corrected chi connectivity index (χ3v) is 4.88. The van der Waals surface area contributed by atoms with Crippen molar-refractivity contribution in [1.29, 1.82) is 0 Å². The van der Waals surface area contributed by atoms with Crippen molar-refractivity contribution < 1.29 is 9.53 Å². The average molecular weight is 390 g/mol. The van der Waals surface area contributed by atoms with Gasteiger partial charge in [-0.2, -0.15) is 5.10 Å². The van der Waals surface area contributed by atoms with E-state index in [1.54, 1.807) is 7.11 Å². The highest BCUT2D eigenvalue weighted by Crippen LogP contribution is 2.26. The average Bonchev–Trinajstić information content (AvgIpc) is 3.32. The van der Waals surface area contributed by atoms with Crippen molar-refractivity contribution >= 4 is 11.6 Å². The zero-order valence-electron chi connectivity index (χ0n) is 16.5. The molecule has 0 unspecified atom stereocenters. The Bertz CT molecular complexity index is 1150. The van der Waals surface area contributed by atoms with Crippen LogP contribution in [0.3, 0.4) is 0 Å². The minimum absolute atomic E-state index is 0.107. The molecule has 1 amide bonds. The number of amides is 1. The molecule has 0 bridgehead atoms. The van der Waals surface area contributed by atoms with Crippen LogP contribution in [0, 0.1) is 6.92 Å². The van der Waals surface area contributed by atoms with Gasteiger partial charge in [0.15, 0.2) is 11.5 Å². The van der Waals surface area contributed by atoms with Gasteiger partial charge in [0.2, 0.25) is 5.91 Å². The summed E-state index contributed by atoms with van der Waals surface area (Å²) in [7, 11) is 1.63. The van der Waals surface area contributed by atoms with Gasteiger partial charge in [0.1, 0.15) is 5.75 Å². The summed E-state index contributed by atoms with van der Waals surface area (Å²) in [5.74, 6) is 1.35. The molecule has 148 valence electrons. The Morgan fingerprint density at radius 3 is 2.76 bits per heavy atom. The molecule has 2 N–H and O–H groups in total. The molecule has 1 aromatic carbocycles. The molecule has 0 aliphatic carbocycles. The molecule has 0 aliphatic rings. The van der Waals surface area contributed by atoms with Crippen molar-refractivity contribution in [3.05, 3.63) is 65.7 Å². The minimum Gasteiger partial charge on any atom is -0.497 e. The number of nitrogens with one attached hydrogen (secondary N) is 2. The lowest BCUT2D eigenvalue weighted by Gasteiger charge is -2.13. The minimum atomic E-state index is -0.281. The first-order valence-corrected chi connectivity index (χ1v) is 9.34. The highest BCUT2D eigenvalue weighted by Gasteiger charge is 2.19. The highest BCUT2D eigenvalue weighted by atomic mass is 16.5. The van der Waals surface area contributed by atoms with E-state index >= 15 is 0 Å². The van der Waals surface area contributed by atoms with Gasteiger partial charge in [-0.1, -0.05) is 6.07 Å². The Labute approximate surface area is 167 Å². The molecule has 8 nitrogen and oxygen atoms in total. The van der Waals surface area contributed by atoms with E-state index in [2.05, 4.69) is 25.7 Å². The lowest BCUT2D eigenvalue weighted by molar-refractivity contribution is -0.121. The number of fused-ring (bicyclic) bond motifs is 1. The lowest BCUT2D eigenvalue weighted by Crippen LogP contribution is -2.29. The maximum absolute atomic E-state index is 12.8. The summed E-state index contributed by atoms with van der Waals surface area (Å²) in [4.78, 5) is 12.8. The van der Waals surface area contributed by atoms with Crippen molar-refractivity contribution in [2.24, 2.45) is 0 Å². The lowest BCUT2D eigenvalue weighted by atomic mass is 10.0. The second-order valence-electron chi connectivity index (χ2n) is 6.86. The number of nitrogens with zero attached hydrogens (tertiary/aromatic N) is 4. The quantitative estimate of drug-likeness (QED) is 0.528. The highest BCUT2D eigenvalue weighted by molar-refractivity contribution is 5.82.